The van der Waals surface area contributed by atoms with Crippen LogP contribution < -0.4 is 27.4 Å². The van der Waals surface area contributed by atoms with Crippen molar-refractivity contribution in [3.05, 3.63) is 0 Å². The van der Waals surface area contributed by atoms with Gasteiger partial charge in [-0.05, 0) is 0 Å². The fraction of sp³-hybridized carbons (Fsp3) is 0.800. The molecule has 7 heteroatoms. The summed E-state index contributed by atoms with van der Waals surface area (Å²) in [6.07, 6.45) is 0.739. The lowest BCUT2D eigenvalue weighted by atomic mass is 10.4. The Labute approximate surface area is 102 Å². The molecule has 0 unspecified atom stereocenters. The number of hydrogen-bond donors (Lipinski definition) is 5. The molecule has 0 radical (unpaired) electrons. The van der Waals surface area contributed by atoms with Gasteiger partial charge in [0.05, 0.1) is 0 Å². The lowest BCUT2D eigenvalue weighted by Gasteiger charge is -2.06. The van der Waals surface area contributed by atoms with Crippen LogP contribution in [0, 0.1) is 0 Å². The molecular weight excluding hydrogens is 222 g/mol. The predicted molar refractivity (Wildman–Crippen MR) is 66.2 cm³/mol. The summed E-state index contributed by atoms with van der Waals surface area (Å²) in [5, 5.41) is 9.38. The Balaban J connectivity index is 2.98. The number of carbonyl (C=O) groups is 2. The first kappa shape index (κ1) is 15.8. The Morgan fingerprint density at radius 3 is 1.24 bits per heavy atom. The highest BCUT2D eigenvalue weighted by Gasteiger charge is 1.94. The van der Waals surface area contributed by atoms with Crippen molar-refractivity contribution >= 4 is 11.8 Å². The number of rotatable bonds is 12. The maximum Gasteiger partial charge on any atom is 0.218 e. The summed E-state index contributed by atoms with van der Waals surface area (Å²) in [6, 6.07) is 0. The minimum Gasteiger partial charge on any atom is -0.370 e. The molecule has 0 atom stereocenters. The topological polar surface area (TPSA) is 122 Å². The monoisotopic (exact) mass is 245 g/mol. The highest BCUT2D eigenvalue weighted by molar-refractivity contribution is 5.74. The van der Waals surface area contributed by atoms with Gasteiger partial charge >= 0.3 is 0 Å². The van der Waals surface area contributed by atoms with Crippen molar-refractivity contribution in [2.24, 2.45) is 11.5 Å². The van der Waals surface area contributed by atoms with Gasteiger partial charge in [0.25, 0.3) is 0 Å². The van der Waals surface area contributed by atoms with Crippen LogP contribution in [0.15, 0.2) is 0 Å². The molecule has 0 rings (SSSR count). The van der Waals surface area contributed by atoms with E-state index in [9.17, 15) is 9.59 Å². The Kier molecular flexibility index (Phi) is 10.5. The zero-order chi connectivity index (χ0) is 12.9. The smallest absolute Gasteiger partial charge is 0.218 e. The molecule has 0 aromatic rings. The molecule has 17 heavy (non-hydrogen) atoms. The Morgan fingerprint density at radius 1 is 0.647 bits per heavy atom. The van der Waals surface area contributed by atoms with Crippen LogP contribution in [0.5, 0.6) is 0 Å². The third-order valence-corrected chi connectivity index (χ3v) is 2.05. The molecule has 0 spiro atoms. The van der Waals surface area contributed by atoms with Crippen LogP contribution in [0.3, 0.4) is 0 Å². The van der Waals surface area contributed by atoms with Crippen LogP contribution in [0.4, 0.5) is 0 Å². The highest BCUT2D eigenvalue weighted by atomic mass is 16.1. The second-order valence-corrected chi connectivity index (χ2v) is 3.68. The van der Waals surface area contributed by atoms with Crippen molar-refractivity contribution in [3.63, 3.8) is 0 Å². The van der Waals surface area contributed by atoms with E-state index >= 15 is 0 Å². The normalized spacial score (nSPS) is 10.4. The van der Waals surface area contributed by atoms with Gasteiger partial charge in [0.2, 0.25) is 11.8 Å². The summed E-state index contributed by atoms with van der Waals surface area (Å²) in [4.78, 5) is 20.8. The predicted octanol–water partition coefficient (Wildman–Crippen LogP) is -2.49. The first-order valence-corrected chi connectivity index (χ1v) is 5.81. The number of hydrogen-bond acceptors (Lipinski definition) is 5. The van der Waals surface area contributed by atoms with Crippen LogP contribution in [-0.2, 0) is 9.59 Å². The van der Waals surface area contributed by atoms with Crippen molar-refractivity contribution in [2.75, 3.05) is 39.3 Å². The second kappa shape index (κ2) is 11.3. The van der Waals surface area contributed by atoms with Crippen molar-refractivity contribution in [3.8, 4) is 0 Å². The van der Waals surface area contributed by atoms with Crippen LogP contribution >= 0.6 is 0 Å². The fourth-order valence-electron chi connectivity index (χ4n) is 1.15. The fourth-order valence-corrected chi connectivity index (χ4v) is 1.15. The zero-order valence-electron chi connectivity index (χ0n) is 10.1. The van der Waals surface area contributed by atoms with Gasteiger partial charge in [0.15, 0.2) is 0 Å². The number of primary amides is 2. The van der Waals surface area contributed by atoms with E-state index < -0.39 is 0 Å². The molecule has 7 nitrogen and oxygen atoms in total. The molecule has 0 aromatic carbocycles. The van der Waals surface area contributed by atoms with Gasteiger partial charge in [-0.15, -0.1) is 0 Å². The van der Waals surface area contributed by atoms with Crippen LogP contribution in [0.1, 0.15) is 12.8 Å². The standard InChI is InChI=1S/C10H23N5O2/c11-9(16)1-3-13-5-7-15-8-6-14-4-2-10(12)17/h13-15H,1-8H2,(H2,11,16)(H2,12,17). The molecule has 0 bridgehead atoms. The third kappa shape index (κ3) is 14.8. The van der Waals surface area contributed by atoms with Gasteiger partial charge in [-0.25, -0.2) is 0 Å². The van der Waals surface area contributed by atoms with Crippen LogP contribution in [0.2, 0.25) is 0 Å². The van der Waals surface area contributed by atoms with E-state index in [2.05, 4.69) is 16.0 Å². The first-order valence-electron chi connectivity index (χ1n) is 5.81. The minimum atomic E-state index is -0.288. The molecule has 7 N–H and O–H groups in total. The van der Waals surface area contributed by atoms with E-state index in [1.165, 1.54) is 0 Å². The van der Waals surface area contributed by atoms with Gasteiger partial charge in [-0.2, -0.15) is 0 Å². The van der Waals surface area contributed by atoms with E-state index in [0.717, 1.165) is 26.2 Å². The largest absolute Gasteiger partial charge is 0.370 e. The summed E-state index contributed by atoms with van der Waals surface area (Å²) in [5.41, 5.74) is 9.97. The molecule has 0 aliphatic rings. The number of carbonyl (C=O) groups excluding carboxylic acids is 2. The minimum absolute atomic E-state index is 0.288. The van der Waals surface area contributed by atoms with E-state index in [0.29, 0.717) is 25.9 Å². The molecule has 0 aromatic heterocycles. The molecule has 0 heterocycles. The second-order valence-electron chi connectivity index (χ2n) is 3.68. The summed E-state index contributed by atoms with van der Waals surface area (Å²) < 4.78 is 0. The van der Waals surface area contributed by atoms with E-state index in [-0.39, 0.29) is 11.8 Å². The van der Waals surface area contributed by atoms with Crippen molar-refractivity contribution < 1.29 is 9.59 Å². The van der Waals surface area contributed by atoms with Gasteiger partial charge < -0.3 is 27.4 Å². The van der Waals surface area contributed by atoms with Crippen LogP contribution in [-0.4, -0.2) is 51.1 Å². The number of nitrogens with two attached hydrogens (primary N) is 2. The van der Waals surface area contributed by atoms with Crippen LogP contribution in [0.25, 0.3) is 0 Å². The number of nitrogens with one attached hydrogen (secondary N) is 3. The molecule has 0 saturated heterocycles. The summed E-state index contributed by atoms with van der Waals surface area (Å²) in [5.74, 6) is -0.576. The molecule has 2 amide bonds. The molecule has 0 saturated carbocycles. The van der Waals surface area contributed by atoms with Gasteiger partial charge in [0.1, 0.15) is 0 Å². The maximum absolute atomic E-state index is 10.4. The number of amides is 2. The SMILES string of the molecule is NC(=O)CCNCCNCCNCCC(N)=O. The molecule has 0 fully saturated rings. The summed E-state index contributed by atoms with van der Waals surface area (Å²) in [7, 11) is 0. The van der Waals surface area contributed by atoms with Gasteiger partial charge in [-0.3, -0.25) is 9.59 Å². The van der Waals surface area contributed by atoms with Crippen molar-refractivity contribution in [1.82, 2.24) is 16.0 Å². The highest BCUT2D eigenvalue weighted by Crippen LogP contribution is 1.72. The lowest BCUT2D eigenvalue weighted by molar-refractivity contribution is -0.118. The average Bonchev–Trinajstić information content (AvgIpc) is 2.25. The quantitative estimate of drug-likeness (QED) is 0.243. The Bertz CT molecular complexity index is 201. The third-order valence-electron chi connectivity index (χ3n) is 2.05. The van der Waals surface area contributed by atoms with E-state index in [1.54, 1.807) is 0 Å². The van der Waals surface area contributed by atoms with E-state index in [4.69, 9.17) is 11.5 Å². The van der Waals surface area contributed by atoms with Gasteiger partial charge in [-0.1, -0.05) is 0 Å². The molecule has 100 valence electrons. The van der Waals surface area contributed by atoms with Gasteiger partial charge in [0, 0.05) is 52.1 Å². The molecular formula is C10H23N5O2. The average molecular weight is 245 g/mol. The molecule has 0 aliphatic heterocycles. The van der Waals surface area contributed by atoms with Crippen molar-refractivity contribution in [2.45, 2.75) is 12.8 Å². The first-order chi connectivity index (χ1) is 8.13. The van der Waals surface area contributed by atoms with E-state index in [1.807, 2.05) is 0 Å². The summed E-state index contributed by atoms with van der Waals surface area (Å²) >= 11 is 0. The summed E-state index contributed by atoms with van der Waals surface area (Å²) in [6.45, 7) is 4.50. The zero-order valence-corrected chi connectivity index (χ0v) is 10.1. The molecule has 0 aliphatic carbocycles. The lowest BCUT2D eigenvalue weighted by Crippen LogP contribution is -2.34. The Hall–Kier alpha value is -1.18. The van der Waals surface area contributed by atoms with Crippen molar-refractivity contribution in [1.29, 1.82) is 0 Å². The Morgan fingerprint density at radius 2 is 0.941 bits per heavy atom. The maximum atomic E-state index is 10.4.